The van der Waals surface area contributed by atoms with Crippen molar-refractivity contribution in [2.75, 3.05) is 6.54 Å². The maximum absolute atomic E-state index is 14.4. The van der Waals surface area contributed by atoms with E-state index >= 15 is 0 Å². The number of nitrogens with zero attached hydrogens (tertiary/aromatic N) is 1. The third kappa shape index (κ3) is 7.38. The van der Waals surface area contributed by atoms with E-state index in [4.69, 9.17) is 4.74 Å². The second-order valence-electron chi connectivity index (χ2n) is 10.9. The quantitative estimate of drug-likeness (QED) is 0.153. The van der Waals surface area contributed by atoms with E-state index in [1.807, 2.05) is 0 Å². The van der Waals surface area contributed by atoms with Crippen LogP contribution in [0.2, 0.25) is 0 Å². The molecule has 3 aromatic rings. The number of ether oxygens (including phenoxy) is 1. The molecule has 1 amide bonds. The van der Waals surface area contributed by atoms with Gasteiger partial charge in [-0.25, -0.2) is 9.18 Å². The first-order valence-corrected chi connectivity index (χ1v) is 14.5. The van der Waals surface area contributed by atoms with Crippen molar-refractivity contribution in [1.82, 2.24) is 4.90 Å². The summed E-state index contributed by atoms with van der Waals surface area (Å²) >= 11 is 0. The van der Waals surface area contributed by atoms with Crippen LogP contribution in [0.15, 0.2) is 66.7 Å². The molecule has 1 unspecified atom stereocenters. The zero-order valence-electron chi connectivity index (χ0n) is 22.9. The molecule has 11 heteroatoms. The van der Waals surface area contributed by atoms with E-state index in [2.05, 4.69) is 4.18 Å². The molecular weight excluding hydrogens is 562 g/mol. The van der Waals surface area contributed by atoms with Gasteiger partial charge in [0.15, 0.2) is 0 Å². The predicted octanol–water partition coefficient (Wildman–Crippen LogP) is 7.58. The standard InChI is InChI=1S/C30H31F4NO5S/c1-29(2,3)39-28(36)35(19-22-14-15-26(31)25-13-7-6-11-23(22)25)16-8-9-20-17-21-10-4-5-12-24(21)27(18-20)40-41(37,38)30(32,33)34/h4-7,10-15,18,20H,8-9,16-17,19H2,1-3H3. The number of carbonyl (C=O) groups is 1. The van der Waals surface area contributed by atoms with E-state index in [9.17, 15) is 30.8 Å². The fourth-order valence-electron chi connectivity index (χ4n) is 4.78. The molecule has 41 heavy (non-hydrogen) atoms. The Morgan fingerprint density at radius 1 is 0.976 bits per heavy atom. The molecule has 0 bridgehead atoms. The van der Waals surface area contributed by atoms with Gasteiger partial charge in [-0.15, -0.1) is 0 Å². The van der Waals surface area contributed by atoms with Gasteiger partial charge in [-0.1, -0.05) is 54.6 Å². The highest BCUT2D eigenvalue weighted by atomic mass is 32.2. The van der Waals surface area contributed by atoms with E-state index in [1.54, 1.807) is 69.3 Å². The topological polar surface area (TPSA) is 72.9 Å². The zero-order chi connectivity index (χ0) is 30.0. The minimum atomic E-state index is -5.85. The fraction of sp³-hybridized carbons (Fsp3) is 0.367. The number of benzene rings is 3. The van der Waals surface area contributed by atoms with Crippen LogP contribution in [0.1, 0.15) is 50.3 Å². The Kier molecular flexibility index (Phi) is 8.67. The third-order valence-corrected chi connectivity index (χ3v) is 7.58. The summed E-state index contributed by atoms with van der Waals surface area (Å²) in [5.74, 6) is -1.07. The van der Waals surface area contributed by atoms with Crippen molar-refractivity contribution in [2.24, 2.45) is 5.92 Å². The molecule has 0 aliphatic heterocycles. The summed E-state index contributed by atoms with van der Waals surface area (Å²) in [6.45, 7) is 5.63. The number of hydrogen-bond acceptors (Lipinski definition) is 5. The number of alkyl halides is 3. The SMILES string of the molecule is CC(C)(C)OC(=O)N(CCCC1C=C(OS(=O)(=O)C(F)(F)F)c2ccccc2C1)Cc1ccc(F)c2ccccc12. The first-order valence-electron chi connectivity index (χ1n) is 13.1. The zero-order valence-corrected chi connectivity index (χ0v) is 23.7. The highest BCUT2D eigenvalue weighted by Gasteiger charge is 2.49. The summed E-state index contributed by atoms with van der Waals surface area (Å²) in [5.41, 5.74) is -4.64. The second-order valence-corrected chi connectivity index (χ2v) is 12.5. The van der Waals surface area contributed by atoms with E-state index in [-0.39, 0.29) is 36.1 Å². The Morgan fingerprint density at radius 2 is 1.63 bits per heavy atom. The minimum Gasteiger partial charge on any atom is -0.444 e. The van der Waals surface area contributed by atoms with Crippen molar-refractivity contribution in [1.29, 1.82) is 0 Å². The Labute approximate surface area is 236 Å². The van der Waals surface area contributed by atoms with Gasteiger partial charge in [0.25, 0.3) is 0 Å². The molecule has 0 fully saturated rings. The number of fused-ring (bicyclic) bond motifs is 2. The molecule has 220 valence electrons. The number of hydrogen-bond donors (Lipinski definition) is 0. The summed E-state index contributed by atoms with van der Waals surface area (Å²) in [5, 5.41) is 1.10. The molecule has 0 saturated heterocycles. The van der Waals surface area contributed by atoms with Gasteiger partial charge < -0.3 is 13.8 Å². The first-order chi connectivity index (χ1) is 19.1. The monoisotopic (exact) mass is 593 g/mol. The van der Waals surface area contributed by atoms with Crippen LogP contribution in [0.25, 0.3) is 16.5 Å². The van der Waals surface area contributed by atoms with Gasteiger partial charge in [0, 0.05) is 24.0 Å². The van der Waals surface area contributed by atoms with Crippen LogP contribution in [-0.2, 0) is 32.0 Å². The lowest BCUT2D eigenvalue weighted by Gasteiger charge is -2.29. The Hall–Kier alpha value is -3.60. The highest BCUT2D eigenvalue weighted by Crippen LogP contribution is 2.36. The van der Waals surface area contributed by atoms with Crippen molar-refractivity contribution in [3.8, 4) is 0 Å². The molecule has 6 nitrogen and oxygen atoms in total. The van der Waals surface area contributed by atoms with E-state index in [1.165, 1.54) is 23.1 Å². The molecule has 0 radical (unpaired) electrons. The summed E-state index contributed by atoms with van der Waals surface area (Å²) in [7, 11) is -5.85. The van der Waals surface area contributed by atoms with E-state index in [0.717, 1.165) is 5.56 Å². The molecule has 1 aliphatic carbocycles. The van der Waals surface area contributed by atoms with Gasteiger partial charge in [0.2, 0.25) is 0 Å². The molecular formula is C30H31F4NO5S. The molecule has 1 atom stereocenters. The van der Waals surface area contributed by atoms with Crippen LogP contribution in [0.3, 0.4) is 0 Å². The van der Waals surface area contributed by atoms with E-state index < -0.39 is 27.3 Å². The van der Waals surface area contributed by atoms with Crippen LogP contribution < -0.4 is 0 Å². The average Bonchev–Trinajstić information content (AvgIpc) is 2.88. The van der Waals surface area contributed by atoms with Crippen molar-refractivity contribution < 1.29 is 39.7 Å². The number of carbonyl (C=O) groups excluding carboxylic acids is 1. The third-order valence-electron chi connectivity index (χ3n) is 6.61. The van der Waals surface area contributed by atoms with Crippen molar-refractivity contribution in [3.05, 3.63) is 89.2 Å². The fourth-order valence-corrected chi connectivity index (χ4v) is 5.26. The molecule has 0 saturated carbocycles. The molecule has 0 aromatic heterocycles. The first kappa shape index (κ1) is 30.4. The van der Waals surface area contributed by atoms with Crippen molar-refractivity contribution in [3.63, 3.8) is 0 Å². The number of rotatable bonds is 8. The van der Waals surface area contributed by atoms with Crippen LogP contribution >= 0.6 is 0 Å². The van der Waals surface area contributed by atoms with Crippen LogP contribution in [-0.4, -0.2) is 37.1 Å². The van der Waals surface area contributed by atoms with Gasteiger partial charge >= 0.3 is 21.7 Å². The Morgan fingerprint density at radius 3 is 2.32 bits per heavy atom. The predicted molar refractivity (Wildman–Crippen MR) is 147 cm³/mol. The molecule has 3 aromatic carbocycles. The van der Waals surface area contributed by atoms with Gasteiger partial charge in [-0.05, 0) is 74.6 Å². The van der Waals surface area contributed by atoms with Crippen LogP contribution in [0.5, 0.6) is 0 Å². The summed E-state index contributed by atoms with van der Waals surface area (Å²) in [4.78, 5) is 14.7. The molecule has 0 spiro atoms. The smallest absolute Gasteiger partial charge is 0.444 e. The van der Waals surface area contributed by atoms with Gasteiger partial charge in [0.1, 0.15) is 17.2 Å². The lowest BCUT2D eigenvalue weighted by Crippen LogP contribution is -2.37. The maximum Gasteiger partial charge on any atom is 0.534 e. The summed E-state index contributed by atoms with van der Waals surface area (Å²) in [6, 6.07) is 16.5. The van der Waals surface area contributed by atoms with E-state index in [0.29, 0.717) is 35.6 Å². The summed E-state index contributed by atoms with van der Waals surface area (Å²) < 4.78 is 87.1. The second kappa shape index (κ2) is 11.7. The number of amides is 1. The Bertz CT molecular complexity index is 1560. The van der Waals surface area contributed by atoms with Gasteiger partial charge in [-0.3, -0.25) is 0 Å². The van der Waals surface area contributed by atoms with Crippen LogP contribution in [0.4, 0.5) is 22.4 Å². The number of halogens is 4. The van der Waals surface area contributed by atoms with Crippen molar-refractivity contribution in [2.45, 2.75) is 57.7 Å². The minimum absolute atomic E-state index is 0.150. The Balaban J connectivity index is 1.54. The van der Waals surface area contributed by atoms with Crippen molar-refractivity contribution >= 4 is 32.7 Å². The highest BCUT2D eigenvalue weighted by molar-refractivity contribution is 7.87. The molecule has 4 rings (SSSR count). The average molecular weight is 594 g/mol. The largest absolute Gasteiger partial charge is 0.534 e. The molecule has 1 aliphatic rings. The molecule has 0 heterocycles. The number of allylic oxidation sites excluding steroid dienone is 1. The lowest BCUT2D eigenvalue weighted by molar-refractivity contribution is -0.0509. The lowest BCUT2D eigenvalue weighted by atomic mass is 9.86. The van der Waals surface area contributed by atoms with Gasteiger partial charge in [-0.2, -0.15) is 21.6 Å². The van der Waals surface area contributed by atoms with Crippen LogP contribution in [0, 0.1) is 11.7 Å². The normalized spacial score (nSPS) is 15.7. The molecule has 0 N–H and O–H groups in total. The summed E-state index contributed by atoms with van der Waals surface area (Å²) in [6.07, 6.45) is 2.16. The van der Waals surface area contributed by atoms with Gasteiger partial charge in [0.05, 0.1) is 0 Å². The maximum atomic E-state index is 14.4.